The number of hydrogen-bond donors (Lipinski definition) is 1. The van der Waals surface area contributed by atoms with Crippen molar-refractivity contribution in [3.05, 3.63) is 106 Å². The van der Waals surface area contributed by atoms with Crippen LogP contribution in [-0.2, 0) is 16.1 Å². The van der Waals surface area contributed by atoms with E-state index < -0.39 is 17.8 Å². The molecular formula is C28H19ClN4O3. The Morgan fingerprint density at radius 3 is 2.56 bits per heavy atom. The van der Waals surface area contributed by atoms with Crippen LogP contribution in [0.3, 0.4) is 0 Å². The van der Waals surface area contributed by atoms with Crippen LogP contribution in [0, 0.1) is 18.3 Å². The minimum Gasteiger partial charge on any atom is -0.342 e. The summed E-state index contributed by atoms with van der Waals surface area (Å²) in [6.07, 6.45) is 3.32. The molecule has 0 unspecified atom stereocenters. The summed E-state index contributed by atoms with van der Waals surface area (Å²) < 4.78 is 1.96. The molecule has 5 rings (SSSR count). The number of aryl methyl sites for hydroxylation is 1. The van der Waals surface area contributed by atoms with E-state index in [1.54, 1.807) is 18.2 Å². The first-order valence-corrected chi connectivity index (χ1v) is 11.5. The van der Waals surface area contributed by atoms with Crippen molar-refractivity contribution in [2.24, 2.45) is 0 Å². The SMILES string of the molecule is Cc1ccc(N2C(=O)NC(=O)/C(=C/c3cn(Cc4ccccc4C#N)c4ccccc34)C2=O)cc1Cl. The molecule has 0 atom stereocenters. The third kappa shape index (κ3) is 4.04. The standard InChI is InChI=1S/C28H19ClN4O3/c1-17-10-11-21(13-24(17)29)33-27(35)23(26(34)31-28(33)36)12-20-16-32(25-9-5-4-8-22(20)25)15-19-7-3-2-6-18(19)14-30/h2-13,16H,15H2,1H3,(H,31,34,36)/b23-12-. The number of barbiturate groups is 1. The summed E-state index contributed by atoms with van der Waals surface area (Å²) in [5, 5.41) is 12.9. The minimum atomic E-state index is -0.836. The number of amides is 4. The maximum absolute atomic E-state index is 13.4. The predicted octanol–water partition coefficient (Wildman–Crippen LogP) is 5.19. The summed E-state index contributed by atoms with van der Waals surface area (Å²) in [4.78, 5) is 39.5. The monoisotopic (exact) mass is 494 g/mol. The van der Waals surface area contributed by atoms with Crippen molar-refractivity contribution in [3.8, 4) is 6.07 Å². The number of nitrogens with one attached hydrogen (secondary N) is 1. The second-order valence-corrected chi connectivity index (χ2v) is 8.80. The van der Waals surface area contributed by atoms with Gasteiger partial charge in [-0.3, -0.25) is 14.9 Å². The van der Waals surface area contributed by atoms with Gasteiger partial charge in [0.2, 0.25) is 0 Å². The van der Waals surface area contributed by atoms with Gasteiger partial charge in [0.25, 0.3) is 11.8 Å². The van der Waals surface area contributed by atoms with Crippen LogP contribution in [-0.4, -0.2) is 22.4 Å². The van der Waals surface area contributed by atoms with Crippen molar-refractivity contribution in [2.75, 3.05) is 4.90 Å². The van der Waals surface area contributed by atoms with Gasteiger partial charge in [-0.15, -0.1) is 0 Å². The Kier molecular flexibility index (Phi) is 5.88. The van der Waals surface area contributed by atoms with Crippen molar-refractivity contribution >= 4 is 52.1 Å². The molecule has 0 aliphatic carbocycles. The Hall–Kier alpha value is -4.67. The molecule has 36 heavy (non-hydrogen) atoms. The minimum absolute atomic E-state index is 0.174. The third-order valence-electron chi connectivity index (χ3n) is 6.11. The van der Waals surface area contributed by atoms with E-state index in [0.29, 0.717) is 22.7 Å². The topological polar surface area (TPSA) is 95.2 Å². The molecule has 1 fully saturated rings. The molecule has 1 N–H and O–H groups in total. The number of carbonyl (C=O) groups is 3. The first kappa shape index (κ1) is 23.1. The average Bonchev–Trinajstić information content (AvgIpc) is 3.21. The van der Waals surface area contributed by atoms with Gasteiger partial charge in [0.05, 0.1) is 17.3 Å². The van der Waals surface area contributed by atoms with Crippen LogP contribution in [0.5, 0.6) is 0 Å². The highest BCUT2D eigenvalue weighted by Gasteiger charge is 2.37. The second-order valence-electron chi connectivity index (χ2n) is 8.39. The smallest absolute Gasteiger partial charge is 0.335 e. The highest BCUT2D eigenvalue weighted by molar-refractivity contribution is 6.39. The molecule has 1 aromatic heterocycles. The van der Waals surface area contributed by atoms with E-state index >= 15 is 0 Å². The van der Waals surface area contributed by atoms with Gasteiger partial charge < -0.3 is 4.57 Å². The Morgan fingerprint density at radius 2 is 1.78 bits per heavy atom. The van der Waals surface area contributed by atoms with E-state index in [9.17, 15) is 19.6 Å². The van der Waals surface area contributed by atoms with Crippen LogP contribution in [0.4, 0.5) is 10.5 Å². The Labute approximate surface area is 211 Å². The third-order valence-corrected chi connectivity index (χ3v) is 6.52. The van der Waals surface area contributed by atoms with E-state index in [4.69, 9.17) is 11.6 Å². The number of para-hydroxylation sites is 1. The number of imide groups is 2. The van der Waals surface area contributed by atoms with E-state index in [2.05, 4.69) is 11.4 Å². The maximum atomic E-state index is 13.4. The number of nitrogens with zero attached hydrogens (tertiary/aromatic N) is 3. The lowest BCUT2D eigenvalue weighted by Gasteiger charge is -2.26. The zero-order chi connectivity index (χ0) is 25.4. The first-order valence-electron chi connectivity index (χ1n) is 11.1. The van der Waals surface area contributed by atoms with Crippen molar-refractivity contribution in [1.29, 1.82) is 5.26 Å². The number of hydrogen-bond acceptors (Lipinski definition) is 4. The van der Waals surface area contributed by atoms with Gasteiger partial charge in [-0.25, -0.2) is 9.69 Å². The highest BCUT2D eigenvalue weighted by atomic mass is 35.5. The lowest BCUT2D eigenvalue weighted by atomic mass is 10.1. The van der Waals surface area contributed by atoms with E-state index in [-0.39, 0.29) is 11.3 Å². The van der Waals surface area contributed by atoms with Crippen molar-refractivity contribution in [3.63, 3.8) is 0 Å². The Morgan fingerprint density at radius 1 is 1.03 bits per heavy atom. The molecule has 4 amide bonds. The fourth-order valence-corrected chi connectivity index (χ4v) is 4.41. The highest BCUT2D eigenvalue weighted by Crippen LogP contribution is 2.29. The normalized spacial score (nSPS) is 14.9. The number of urea groups is 1. The maximum Gasteiger partial charge on any atom is 0.335 e. The van der Waals surface area contributed by atoms with Crippen molar-refractivity contribution in [2.45, 2.75) is 13.5 Å². The Bertz CT molecular complexity index is 1640. The fourth-order valence-electron chi connectivity index (χ4n) is 4.24. The number of aromatic nitrogens is 1. The Balaban J connectivity index is 1.58. The molecule has 0 bridgehead atoms. The summed E-state index contributed by atoms with van der Waals surface area (Å²) in [6.45, 7) is 2.24. The zero-order valence-corrected chi connectivity index (χ0v) is 19.9. The molecule has 0 saturated carbocycles. The van der Waals surface area contributed by atoms with Crippen molar-refractivity contribution in [1.82, 2.24) is 9.88 Å². The van der Waals surface area contributed by atoms with Gasteiger partial charge >= 0.3 is 6.03 Å². The number of nitriles is 1. The van der Waals surface area contributed by atoms with E-state index in [0.717, 1.165) is 26.9 Å². The number of carbonyl (C=O) groups excluding carboxylic acids is 3. The molecule has 7 nitrogen and oxygen atoms in total. The van der Waals surface area contributed by atoms with E-state index in [1.807, 2.05) is 60.2 Å². The average molecular weight is 495 g/mol. The van der Waals surface area contributed by atoms with Crippen LogP contribution >= 0.6 is 11.6 Å². The lowest BCUT2D eigenvalue weighted by molar-refractivity contribution is -0.122. The van der Waals surface area contributed by atoms with Gasteiger partial charge in [0.1, 0.15) is 5.57 Å². The van der Waals surface area contributed by atoms with Crippen LogP contribution in [0.2, 0.25) is 5.02 Å². The molecule has 8 heteroatoms. The van der Waals surface area contributed by atoms with Crippen LogP contribution in [0.1, 0.15) is 22.3 Å². The van der Waals surface area contributed by atoms with Gasteiger partial charge in [0.15, 0.2) is 0 Å². The summed E-state index contributed by atoms with van der Waals surface area (Å²) in [5.74, 6) is -1.51. The molecule has 0 spiro atoms. The molecule has 176 valence electrons. The lowest BCUT2D eigenvalue weighted by Crippen LogP contribution is -2.54. The number of benzene rings is 3. The number of fused-ring (bicyclic) bond motifs is 1. The van der Waals surface area contributed by atoms with Crippen LogP contribution in [0.25, 0.3) is 17.0 Å². The van der Waals surface area contributed by atoms with Crippen molar-refractivity contribution < 1.29 is 14.4 Å². The molecule has 3 aromatic carbocycles. The molecular weight excluding hydrogens is 476 g/mol. The second kappa shape index (κ2) is 9.17. The first-order chi connectivity index (χ1) is 17.4. The summed E-state index contributed by atoms with van der Waals surface area (Å²) in [5.41, 5.74) is 3.81. The molecule has 1 aliphatic heterocycles. The number of halogens is 1. The molecule has 0 radical (unpaired) electrons. The summed E-state index contributed by atoms with van der Waals surface area (Å²) >= 11 is 6.21. The largest absolute Gasteiger partial charge is 0.342 e. The molecule has 4 aromatic rings. The summed E-state index contributed by atoms with van der Waals surface area (Å²) in [7, 11) is 0. The van der Waals surface area contributed by atoms with Gasteiger partial charge in [-0.1, -0.05) is 54.1 Å². The molecule has 1 aliphatic rings. The summed E-state index contributed by atoms with van der Waals surface area (Å²) in [6, 6.07) is 21.1. The number of rotatable bonds is 4. The predicted molar refractivity (Wildman–Crippen MR) is 137 cm³/mol. The number of anilines is 1. The zero-order valence-electron chi connectivity index (χ0n) is 19.2. The molecule has 2 heterocycles. The van der Waals surface area contributed by atoms with Crippen LogP contribution in [0.15, 0.2) is 78.5 Å². The van der Waals surface area contributed by atoms with Gasteiger partial charge in [0, 0.05) is 34.2 Å². The van der Waals surface area contributed by atoms with E-state index in [1.165, 1.54) is 12.1 Å². The molecule has 1 saturated heterocycles. The van der Waals surface area contributed by atoms with Gasteiger partial charge in [-0.05, 0) is 48.4 Å². The fraction of sp³-hybridized carbons (Fsp3) is 0.0714. The quantitative estimate of drug-likeness (QED) is 0.312. The van der Waals surface area contributed by atoms with Crippen LogP contribution < -0.4 is 10.2 Å². The van der Waals surface area contributed by atoms with Gasteiger partial charge in [-0.2, -0.15) is 5.26 Å².